The third-order valence-electron chi connectivity index (χ3n) is 9.90. The van der Waals surface area contributed by atoms with Gasteiger partial charge in [0.2, 0.25) is 47.3 Å². The first-order chi connectivity index (χ1) is 32.3. The molecular weight excluding hydrogens is 891 g/mol. The van der Waals surface area contributed by atoms with Gasteiger partial charge in [-0.2, -0.15) is 0 Å². The molecule has 376 valence electrons. The van der Waals surface area contributed by atoms with E-state index < -0.39 is 116 Å². The lowest BCUT2D eigenvalue weighted by Crippen LogP contribution is -2.58. The van der Waals surface area contributed by atoms with Gasteiger partial charge in [-0.1, -0.05) is 50.6 Å². The molecule has 0 bridgehead atoms. The van der Waals surface area contributed by atoms with Crippen molar-refractivity contribution >= 4 is 59.2 Å². The molecule has 0 fully saturated rings. The van der Waals surface area contributed by atoms with Crippen LogP contribution in [0.25, 0.3) is 0 Å². The summed E-state index contributed by atoms with van der Waals surface area (Å²) in [7, 11) is 0. The van der Waals surface area contributed by atoms with E-state index in [1.54, 1.807) is 44.2 Å². The van der Waals surface area contributed by atoms with Gasteiger partial charge in [0.1, 0.15) is 30.2 Å². The predicted molar refractivity (Wildman–Crippen MR) is 245 cm³/mol. The summed E-state index contributed by atoms with van der Waals surface area (Å²) in [5.74, 6) is -8.27. The number of amides is 8. The topological polar surface area (TPSA) is 433 Å². The highest BCUT2D eigenvalue weighted by Gasteiger charge is 2.30. The standard InChI is InChI=1S/C42H67N15O11/c1-24(2)15-31(41(67)68)55-35(61)21-51-38(64)32(22-58)57-39(65)29(16-25-9-4-3-5-10-25)53-34(60)20-50-37(63)28(12-8-14-48-42(45)46)56-40(66)30(17-26-18-47-23-52-26)54-33(59)19-49-36(62)27(44)11-6-7-13-43/h3-5,9-10,18,23-24,27-32,58H,6-8,11-17,19-22,43-44H2,1-2H3,(H,47,52)(H,49,62)(H,50,63)(H,51,64)(H,53,60)(H,54,59)(H,55,61)(H,56,66)(H,57,65)(H,67,68)(H4,45,46,48)/t27-,28-,29-,30-,31-,32-/m0/s1. The van der Waals surface area contributed by atoms with Crippen molar-refractivity contribution in [3.8, 4) is 0 Å². The van der Waals surface area contributed by atoms with Gasteiger partial charge in [0.05, 0.1) is 44.3 Å². The number of nitrogens with two attached hydrogens (primary N) is 3. The third-order valence-corrected chi connectivity index (χ3v) is 9.90. The molecule has 0 unspecified atom stereocenters. The van der Waals surface area contributed by atoms with Crippen molar-refractivity contribution in [1.29, 1.82) is 5.41 Å². The molecular formula is C42H67N15O11. The zero-order valence-electron chi connectivity index (χ0n) is 38.2. The smallest absolute Gasteiger partial charge is 0.326 e. The van der Waals surface area contributed by atoms with Crippen LogP contribution in [0.5, 0.6) is 0 Å². The molecule has 2 rings (SSSR count). The number of unbranched alkanes of at least 4 members (excludes halogenated alkanes) is 1. The molecule has 0 aliphatic carbocycles. The number of aliphatic hydroxyl groups is 1. The summed E-state index contributed by atoms with van der Waals surface area (Å²) in [5.41, 5.74) is 17.7. The van der Waals surface area contributed by atoms with E-state index in [9.17, 15) is 53.4 Å². The SMILES string of the molecule is CC(C)C[C@H](NC(=O)CNC(=O)[C@H](CO)NC(=O)[C@H](Cc1ccccc1)NC(=O)CNC(=O)[C@H](CCCNC(=N)N)NC(=O)[C@H](Cc1c[nH]cn1)NC(=O)CNC(=O)[C@@H](N)CCCCN)C(=O)O. The summed E-state index contributed by atoms with van der Waals surface area (Å²) >= 11 is 0. The lowest BCUT2D eigenvalue weighted by Gasteiger charge is -2.24. The Balaban J connectivity index is 2.18. The zero-order valence-corrected chi connectivity index (χ0v) is 38.2. The summed E-state index contributed by atoms with van der Waals surface area (Å²) in [4.78, 5) is 124. The quantitative estimate of drug-likeness (QED) is 0.0185. The van der Waals surface area contributed by atoms with Crippen LogP contribution in [0, 0.1) is 11.3 Å². The number of nitrogens with zero attached hydrogens (tertiary/aromatic N) is 1. The number of carbonyl (C=O) groups excluding carboxylic acids is 8. The van der Waals surface area contributed by atoms with Gasteiger partial charge in [-0.15, -0.1) is 0 Å². The molecule has 0 saturated carbocycles. The van der Waals surface area contributed by atoms with Crippen LogP contribution in [0.2, 0.25) is 0 Å². The third kappa shape index (κ3) is 22.8. The highest BCUT2D eigenvalue weighted by molar-refractivity contribution is 5.96. The number of aromatic amines is 1. The van der Waals surface area contributed by atoms with Gasteiger partial charge in [-0.3, -0.25) is 43.8 Å². The van der Waals surface area contributed by atoms with Crippen LogP contribution in [0.15, 0.2) is 42.9 Å². The molecule has 0 aliphatic rings. The Labute approximate surface area is 393 Å². The molecule has 1 heterocycles. The number of hydrogen-bond acceptors (Lipinski definition) is 14. The van der Waals surface area contributed by atoms with E-state index in [1.807, 2.05) is 0 Å². The van der Waals surface area contributed by atoms with Crippen LogP contribution in [-0.4, -0.2) is 155 Å². The molecule has 2 aromatic rings. The van der Waals surface area contributed by atoms with Crippen LogP contribution in [0.4, 0.5) is 0 Å². The summed E-state index contributed by atoms with van der Waals surface area (Å²) < 4.78 is 0. The molecule has 19 N–H and O–H groups in total. The van der Waals surface area contributed by atoms with Gasteiger partial charge in [-0.25, -0.2) is 9.78 Å². The fourth-order valence-corrected chi connectivity index (χ4v) is 6.37. The fraction of sp³-hybridized carbons (Fsp3) is 0.548. The molecule has 26 nitrogen and oxygen atoms in total. The van der Waals surface area contributed by atoms with E-state index in [4.69, 9.17) is 22.6 Å². The summed E-state index contributed by atoms with van der Waals surface area (Å²) in [6, 6.07) is 0.711. The van der Waals surface area contributed by atoms with Gasteiger partial charge in [0.15, 0.2) is 5.96 Å². The number of carbonyl (C=O) groups is 9. The average molecular weight is 958 g/mol. The number of H-pyrrole nitrogens is 1. The van der Waals surface area contributed by atoms with E-state index in [2.05, 4.69) is 57.8 Å². The number of aliphatic carboxylic acids is 1. The first-order valence-corrected chi connectivity index (χ1v) is 22.0. The number of guanidine groups is 1. The second-order valence-corrected chi connectivity index (χ2v) is 16.1. The Morgan fingerprint density at radius 2 is 1.22 bits per heavy atom. The zero-order chi connectivity index (χ0) is 50.6. The van der Waals surface area contributed by atoms with E-state index in [0.717, 1.165) is 0 Å². The first kappa shape index (κ1) is 56.9. The molecule has 8 amide bonds. The van der Waals surface area contributed by atoms with E-state index in [0.29, 0.717) is 37.1 Å². The maximum Gasteiger partial charge on any atom is 0.326 e. The maximum absolute atomic E-state index is 13.8. The minimum absolute atomic E-state index is 0.0515. The number of hydrogen-bond donors (Lipinski definition) is 16. The summed E-state index contributed by atoms with van der Waals surface area (Å²) in [6.07, 6.45) is 4.48. The van der Waals surface area contributed by atoms with Gasteiger partial charge >= 0.3 is 5.97 Å². The maximum atomic E-state index is 13.8. The van der Waals surface area contributed by atoms with Gasteiger partial charge in [0.25, 0.3) is 0 Å². The predicted octanol–water partition coefficient (Wildman–Crippen LogP) is -5.19. The van der Waals surface area contributed by atoms with E-state index >= 15 is 0 Å². The van der Waals surface area contributed by atoms with Crippen LogP contribution >= 0.6 is 0 Å². The Hall–Kier alpha value is -7.19. The van der Waals surface area contributed by atoms with Crippen molar-refractivity contribution in [2.75, 3.05) is 39.3 Å². The van der Waals surface area contributed by atoms with Crippen LogP contribution in [-0.2, 0) is 56.0 Å². The van der Waals surface area contributed by atoms with Crippen molar-refractivity contribution in [3.05, 3.63) is 54.1 Å². The summed E-state index contributed by atoms with van der Waals surface area (Å²) in [5, 5.41) is 48.8. The van der Waals surface area contributed by atoms with Crippen molar-refractivity contribution in [2.45, 2.75) is 101 Å². The Bertz CT molecular complexity index is 1970. The van der Waals surface area contributed by atoms with Crippen molar-refractivity contribution in [1.82, 2.24) is 57.8 Å². The van der Waals surface area contributed by atoms with Crippen LogP contribution in [0.3, 0.4) is 0 Å². The second-order valence-electron chi connectivity index (χ2n) is 16.1. The minimum atomic E-state index is -1.60. The first-order valence-electron chi connectivity index (χ1n) is 22.0. The summed E-state index contributed by atoms with van der Waals surface area (Å²) in [6.45, 7) is 1.26. The molecule has 1 aromatic carbocycles. The number of imidazole rings is 1. The Morgan fingerprint density at radius 1 is 0.676 bits per heavy atom. The van der Waals surface area contributed by atoms with Gasteiger partial charge < -0.3 is 80.2 Å². The highest BCUT2D eigenvalue weighted by atomic mass is 16.4. The number of aromatic nitrogens is 2. The lowest BCUT2D eigenvalue weighted by molar-refractivity contribution is -0.142. The molecule has 0 saturated heterocycles. The normalized spacial score (nSPS) is 13.5. The number of aliphatic hydroxyl groups excluding tert-OH is 1. The van der Waals surface area contributed by atoms with Crippen LogP contribution in [0.1, 0.15) is 63.6 Å². The number of carboxylic acids is 1. The largest absolute Gasteiger partial charge is 0.480 e. The van der Waals surface area contributed by atoms with E-state index in [-0.39, 0.29) is 50.5 Å². The molecule has 0 aliphatic heterocycles. The van der Waals surface area contributed by atoms with Gasteiger partial charge in [0, 0.05) is 25.6 Å². The Kier molecular flexibility index (Phi) is 25.9. The monoisotopic (exact) mass is 958 g/mol. The second kappa shape index (κ2) is 30.9. The fourth-order valence-electron chi connectivity index (χ4n) is 6.37. The van der Waals surface area contributed by atoms with Gasteiger partial charge in [-0.05, 0) is 50.1 Å². The van der Waals surface area contributed by atoms with E-state index in [1.165, 1.54) is 12.5 Å². The minimum Gasteiger partial charge on any atom is -0.480 e. The van der Waals surface area contributed by atoms with Crippen molar-refractivity contribution in [2.24, 2.45) is 23.1 Å². The van der Waals surface area contributed by atoms with Crippen molar-refractivity contribution in [3.63, 3.8) is 0 Å². The number of benzene rings is 1. The molecule has 0 spiro atoms. The average Bonchev–Trinajstić information content (AvgIpc) is 3.81. The highest BCUT2D eigenvalue weighted by Crippen LogP contribution is 2.07. The molecule has 6 atom stereocenters. The molecule has 68 heavy (non-hydrogen) atoms. The number of rotatable bonds is 32. The van der Waals surface area contributed by atoms with Crippen molar-refractivity contribution < 1.29 is 53.4 Å². The lowest BCUT2D eigenvalue weighted by atomic mass is 10.0. The number of nitrogens with one attached hydrogen (secondary N) is 11. The Morgan fingerprint density at radius 3 is 1.74 bits per heavy atom. The molecule has 26 heteroatoms. The van der Waals surface area contributed by atoms with Crippen LogP contribution < -0.4 is 65.1 Å². The molecule has 0 radical (unpaired) electrons. The molecule has 1 aromatic heterocycles. The number of carboxylic acid groups (broad SMARTS) is 1.